The molecule has 0 saturated heterocycles. The van der Waals surface area contributed by atoms with Crippen LogP contribution >= 0.6 is 0 Å². The van der Waals surface area contributed by atoms with Crippen molar-refractivity contribution >= 4 is 35.8 Å². The van der Waals surface area contributed by atoms with Gasteiger partial charge in [-0.25, -0.2) is 19.2 Å². The molecule has 0 aromatic heterocycles. The van der Waals surface area contributed by atoms with Gasteiger partial charge in [0.1, 0.15) is 43.3 Å². The fourth-order valence-electron chi connectivity index (χ4n) is 7.07. The summed E-state index contributed by atoms with van der Waals surface area (Å²) in [5.74, 6) is -2.14. The fraction of sp³-hybridized carbons (Fsp3) is 0.500. The third kappa shape index (κ3) is 18.7. The summed E-state index contributed by atoms with van der Waals surface area (Å²) in [6.07, 6.45) is 10.00. The highest BCUT2D eigenvalue weighted by Gasteiger charge is 2.38. The molecule has 0 N–H and O–H groups in total. The van der Waals surface area contributed by atoms with Gasteiger partial charge in [0.25, 0.3) is 0 Å². The molecule has 0 unspecified atom stereocenters. The Labute approximate surface area is 389 Å². The molecule has 2 aromatic rings. The van der Waals surface area contributed by atoms with Gasteiger partial charge in [0.15, 0.2) is 0 Å². The van der Waals surface area contributed by atoms with E-state index in [1.54, 1.807) is 13.0 Å². The molecule has 360 valence electrons. The quantitative estimate of drug-likeness (QED) is 0.0327. The number of unbranched alkanes of at least 4 members (excludes halogenated alkanes) is 2. The van der Waals surface area contributed by atoms with E-state index in [1.807, 2.05) is 36.4 Å². The average Bonchev–Trinajstić information content (AvgIpc) is 3.31. The van der Waals surface area contributed by atoms with Gasteiger partial charge in [-0.2, -0.15) is 0 Å². The van der Waals surface area contributed by atoms with E-state index in [1.165, 1.54) is 58.3 Å². The molecule has 14 nitrogen and oxygen atoms in total. The third-order valence-corrected chi connectivity index (χ3v) is 11.2. The lowest BCUT2D eigenvalue weighted by atomic mass is 9.80. The zero-order chi connectivity index (χ0) is 48.6. The minimum atomic E-state index is -1.59. The summed E-state index contributed by atoms with van der Waals surface area (Å²) >= 11 is 0. The van der Waals surface area contributed by atoms with Crippen molar-refractivity contribution in [1.29, 1.82) is 0 Å². The molecule has 0 aliphatic heterocycles. The monoisotopic (exact) mass is 916 g/mol. The molecule has 1 saturated carbocycles. The Balaban J connectivity index is 1.92. The van der Waals surface area contributed by atoms with E-state index in [2.05, 4.69) is 42.7 Å². The SMILES string of the molecule is C=C(C)C(=O)OCCCc1cc(-c2ccc(OCC3CCC(CCCCC)CC3)cc2)ccc1OCC(COC(=O)C(=C)C)(COC(=O)C(=C)CC(=O)OC)COC(=O)C(=C)CC(=O)OC. The van der Waals surface area contributed by atoms with Gasteiger partial charge in [-0.05, 0) is 92.3 Å². The van der Waals surface area contributed by atoms with Gasteiger partial charge >= 0.3 is 35.8 Å². The number of methoxy groups -OCH3 is 2. The van der Waals surface area contributed by atoms with Gasteiger partial charge in [-0.3, -0.25) is 9.59 Å². The number of rotatable bonds is 29. The van der Waals surface area contributed by atoms with Crippen molar-refractivity contribution in [1.82, 2.24) is 0 Å². The van der Waals surface area contributed by atoms with Crippen LogP contribution < -0.4 is 9.47 Å². The van der Waals surface area contributed by atoms with Crippen molar-refractivity contribution in [3.8, 4) is 22.6 Å². The van der Waals surface area contributed by atoms with E-state index in [0.717, 1.165) is 37.0 Å². The summed E-state index contributed by atoms with van der Waals surface area (Å²) in [5.41, 5.74) is 0.786. The molecule has 1 aliphatic rings. The number of esters is 6. The lowest BCUT2D eigenvalue weighted by Crippen LogP contribution is -2.44. The van der Waals surface area contributed by atoms with Crippen molar-refractivity contribution < 1.29 is 66.7 Å². The highest BCUT2D eigenvalue weighted by molar-refractivity contribution is 5.94. The van der Waals surface area contributed by atoms with Gasteiger partial charge in [0, 0.05) is 22.3 Å². The first-order valence-corrected chi connectivity index (χ1v) is 22.5. The molecule has 0 bridgehead atoms. The van der Waals surface area contributed by atoms with Gasteiger partial charge in [0.2, 0.25) is 0 Å². The molecule has 3 rings (SSSR count). The topological polar surface area (TPSA) is 176 Å². The maximum atomic E-state index is 13.1. The number of aryl methyl sites for hydroxylation is 1. The van der Waals surface area contributed by atoms with Crippen LogP contribution in [0.2, 0.25) is 0 Å². The Morgan fingerprint density at radius 2 is 1.12 bits per heavy atom. The second-order valence-corrected chi connectivity index (χ2v) is 17.1. The van der Waals surface area contributed by atoms with Crippen LogP contribution in [-0.4, -0.2) is 89.7 Å². The first-order valence-electron chi connectivity index (χ1n) is 22.5. The van der Waals surface area contributed by atoms with E-state index < -0.39 is 73.9 Å². The second-order valence-electron chi connectivity index (χ2n) is 17.1. The molecule has 1 aliphatic carbocycles. The number of benzene rings is 2. The first kappa shape index (κ1) is 54.2. The molecule has 0 amide bonds. The van der Waals surface area contributed by atoms with Crippen LogP contribution in [-0.2, 0) is 63.6 Å². The predicted molar refractivity (Wildman–Crippen MR) is 248 cm³/mol. The van der Waals surface area contributed by atoms with Crippen molar-refractivity contribution in [3.63, 3.8) is 0 Å². The van der Waals surface area contributed by atoms with E-state index >= 15 is 0 Å². The maximum Gasteiger partial charge on any atom is 0.334 e. The first-order chi connectivity index (χ1) is 31.5. The molecule has 1 fully saturated rings. The Kier molecular flexibility index (Phi) is 23.0. The number of carbonyl (C=O) groups is 6. The third-order valence-electron chi connectivity index (χ3n) is 11.2. The van der Waals surface area contributed by atoms with Gasteiger partial charge in [-0.1, -0.05) is 90.0 Å². The highest BCUT2D eigenvalue weighted by atomic mass is 16.6. The number of ether oxygens (including phenoxy) is 8. The lowest BCUT2D eigenvalue weighted by molar-refractivity contribution is -0.161. The molecule has 0 heterocycles. The van der Waals surface area contributed by atoms with E-state index in [0.29, 0.717) is 36.7 Å². The van der Waals surface area contributed by atoms with E-state index in [4.69, 9.17) is 28.4 Å². The van der Waals surface area contributed by atoms with Crippen molar-refractivity contribution in [2.45, 2.75) is 97.8 Å². The van der Waals surface area contributed by atoms with E-state index in [9.17, 15) is 28.8 Å². The summed E-state index contributed by atoms with van der Waals surface area (Å²) in [6.45, 7) is 18.5. The van der Waals surface area contributed by atoms with Crippen molar-refractivity contribution in [2.24, 2.45) is 17.3 Å². The maximum absolute atomic E-state index is 13.1. The Morgan fingerprint density at radius 1 is 0.606 bits per heavy atom. The fourth-order valence-corrected chi connectivity index (χ4v) is 7.07. The summed E-state index contributed by atoms with van der Waals surface area (Å²) < 4.78 is 44.1. The van der Waals surface area contributed by atoms with Crippen LogP contribution in [0.15, 0.2) is 91.1 Å². The van der Waals surface area contributed by atoms with Crippen LogP contribution in [0.3, 0.4) is 0 Å². The molecule has 0 radical (unpaired) electrons. The minimum Gasteiger partial charge on any atom is -0.493 e. The largest absolute Gasteiger partial charge is 0.493 e. The summed E-state index contributed by atoms with van der Waals surface area (Å²) in [7, 11) is 2.31. The van der Waals surface area contributed by atoms with Crippen LogP contribution in [0.25, 0.3) is 11.1 Å². The normalized spacial score (nSPS) is 14.4. The van der Waals surface area contributed by atoms with E-state index in [-0.39, 0.29) is 35.5 Å². The van der Waals surface area contributed by atoms with Gasteiger partial charge < -0.3 is 37.9 Å². The molecule has 0 spiro atoms. The van der Waals surface area contributed by atoms with Gasteiger partial charge in [-0.15, -0.1) is 0 Å². The summed E-state index contributed by atoms with van der Waals surface area (Å²) in [4.78, 5) is 74.9. The lowest BCUT2D eigenvalue weighted by Gasteiger charge is -2.32. The van der Waals surface area contributed by atoms with Crippen LogP contribution in [0.1, 0.15) is 97.0 Å². The Morgan fingerprint density at radius 3 is 1.65 bits per heavy atom. The Hall–Kier alpha value is -6.18. The molecular formula is C52H68O14. The molecule has 0 atom stereocenters. The van der Waals surface area contributed by atoms with Crippen molar-refractivity contribution in [3.05, 3.63) is 96.6 Å². The number of hydrogen-bond donors (Lipinski definition) is 0. The molecule has 2 aromatic carbocycles. The number of carbonyl (C=O) groups excluding carboxylic acids is 6. The van der Waals surface area contributed by atoms with Crippen LogP contribution in [0.4, 0.5) is 0 Å². The average molecular weight is 917 g/mol. The van der Waals surface area contributed by atoms with Crippen LogP contribution in [0, 0.1) is 17.3 Å². The summed E-state index contributed by atoms with van der Waals surface area (Å²) in [6, 6.07) is 13.4. The zero-order valence-electron chi connectivity index (χ0n) is 39.5. The smallest absolute Gasteiger partial charge is 0.334 e. The van der Waals surface area contributed by atoms with Gasteiger partial charge in [0.05, 0.1) is 40.3 Å². The highest BCUT2D eigenvalue weighted by Crippen LogP contribution is 2.34. The minimum absolute atomic E-state index is 0.0666. The summed E-state index contributed by atoms with van der Waals surface area (Å²) in [5, 5.41) is 0. The molecule has 14 heteroatoms. The Bertz CT molecular complexity index is 1980. The predicted octanol–water partition coefficient (Wildman–Crippen LogP) is 8.98. The second kappa shape index (κ2) is 28.0. The van der Waals surface area contributed by atoms with Crippen molar-refractivity contribution in [2.75, 3.05) is 53.9 Å². The number of hydrogen-bond acceptors (Lipinski definition) is 14. The molecular weight excluding hydrogens is 849 g/mol. The zero-order valence-corrected chi connectivity index (χ0v) is 39.5. The standard InChI is InChI=1S/C52H68O14/c1-10-11-12-14-39-16-18-40(19-17-39)30-62-44-23-20-41(21-24-44)42-22-25-45(43(29-42)15-13-26-61-48(55)35(2)3)63-31-52(32-64-49(56)36(4)5,33-65-50(57)37(6)27-46(53)59-8)34-66-51(58)38(7)28-47(54)60-9/h20-25,29,39-40H,2,4,6-7,10-19,26-28,30-34H2,1,3,5,8-9H3. The van der Waals surface area contributed by atoms with Crippen LogP contribution in [0.5, 0.6) is 11.5 Å². The molecule has 66 heavy (non-hydrogen) atoms.